The first-order chi connectivity index (χ1) is 10.3. The molecule has 110 valence electrons. The van der Waals surface area contributed by atoms with E-state index in [9.17, 15) is 9.90 Å². The second-order valence-corrected chi connectivity index (χ2v) is 5.34. The highest BCUT2D eigenvalue weighted by molar-refractivity contribution is 5.86. The maximum absolute atomic E-state index is 11.7. The van der Waals surface area contributed by atoms with Gasteiger partial charge in [-0.05, 0) is 22.8 Å². The van der Waals surface area contributed by atoms with E-state index in [1.54, 1.807) is 0 Å². The monoisotopic (exact) mass is 285 g/mol. The number of benzene rings is 2. The molecule has 4 heteroatoms. The van der Waals surface area contributed by atoms with E-state index in [2.05, 4.69) is 18.2 Å². The highest BCUT2D eigenvalue weighted by Gasteiger charge is 2.27. The fourth-order valence-electron chi connectivity index (χ4n) is 2.94. The molecule has 1 aliphatic rings. The van der Waals surface area contributed by atoms with Crippen molar-refractivity contribution in [3.05, 3.63) is 48.0 Å². The lowest BCUT2D eigenvalue weighted by atomic mass is 9.98. The Morgan fingerprint density at radius 2 is 1.86 bits per heavy atom. The van der Waals surface area contributed by atoms with Gasteiger partial charge in [-0.25, -0.2) is 0 Å². The van der Waals surface area contributed by atoms with Crippen LogP contribution in [0.25, 0.3) is 10.8 Å². The van der Waals surface area contributed by atoms with Gasteiger partial charge >= 0.3 is 5.97 Å². The molecule has 0 bridgehead atoms. The number of rotatable bonds is 4. The van der Waals surface area contributed by atoms with Crippen molar-refractivity contribution >= 4 is 16.7 Å². The maximum atomic E-state index is 11.7. The van der Waals surface area contributed by atoms with Crippen LogP contribution in [0, 0.1) is 0 Å². The molecular formula is C17H19NO3. The Morgan fingerprint density at radius 1 is 1.14 bits per heavy atom. The van der Waals surface area contributed by atoms with Gasteiger partial charge in [0.2, 0.25) is 0 Å². The van der Waals surface area contributed by atoms with Crippen molar-refractivity contribution in [3.8, 4) is 0 Å². The number of carboxylic acids is 1. The number of nitrogens with zero attached hydrogens (tertiary/aromatic N) is 1. The number of ether oxygens (including phenoxy) is 1. The first-order valence-corrected chi connectivity index (χ1v) is 7.27. The lowest BCUT2D eigenvalue weighted by Gasteiger charge is -2.32. The third kappa shape index (κ3) is 3.06. The van der Waals surface area contributed by atoms with Crippen LogP contribution in [-0.2, 0) is 16.0 Å². The van der Waals surface area contributed by atoms with Crippen molar-refractivity contribution in [2.75, 3.05) is 26.3 Å². The van der Waals surface area contributed by atoms with Crippen molar-refractivity contribution in [2.24, 2.45) is 0 Å². The Balaban J connectivity index is 1.89. The van der Waals surface area contributed by atoms with Gasteiger partial charge in [0.25, 0.3) is 0 Å². The third-order valence-electron chi connectivity index (χ3n) is 4.06. The molecule has 1 saturated heterocycles. The number of aliphatic carboxylic acids is 1. The number of morpholine rings is 1. The van der Waals surface area contributed by atoms with E-state index in [1.165, 1.54) is 0 Å². The molecule has 2 aromatic rings. The predicted octanol–water partition coefficient (Wildman–Crippen LogP) is 2.17. The number of carbonyl (C=O) groups is 1. The van der Waals surface area contributed by atoms with Gasteiger partial charge in [-0.15, -0.1) is 0 Å². The summed E-state index contributed by atoms with van der Waals surface area (Å²) in [6.45, 7) is 2.59. The van der Waals surface area contributed by atoms with Gasteiger partial charge in [-0.1, -0.05) is 42.5 Å². The molecule has 1 fully saturated rings. The molecule has 21 heavy (non-hydrogen) atoms. The molecule has 0 saturated carbocycles. The van der Waals surface area contributed by atoms with Gasteiger partial charge < -0.3 is 9.84 Å². The SMILES string of the molecule is O=C(O)[C@H](Cc1cccc2ccccc12)N1CCOCC1. The summed E-state index contributed by atoms with van der Waals surface area (Å²) in [5, 5.41) is 11.9. The minimum absolute atomic E-state index is 0.486. The van der Waals surface area contributed by atoms with Gasteiger partial charge in [0.05, 0.1) is 13.2 Å². The lowest BCUT2D eigenvalue weighted by molar-refractivity contribution is -0.145. The number of carboxylic acid groups (broad SMARTS) is 1. The Morgan fingerprint density at radius 3 is 2.62 bits per heavy atom. The molecule has 3 rings (SSSR count). The molecule has 0 aliphatic carbocycles. The second kappa shape index (κ2) is 6.24. The topological polar surface area (TPSA) is 49.8 Å². The maximum Gasteiger partial charge on any atom is 0.321 e. The zero-order valence-corrected chi connectivity index (χ0v) is 11.9. The van der Waals surface area contributed by atoms with Crippen LogP contribution in [0.15, 0.2) is 42.5 Å². The van der Waals surface area contributed by atoms with Crippen LogP contribution in [0.5, 0.6) is 0 Å². The van der Waals surface area contributed by atoms with Crippen LogP contribution >= 0.6 is 0 Å². The standard InChI is InChI=1S/C17H19NO3/c19-17(20)16(18-8-10-21-11-9-18)12-14-6-3-5-13-4-1-2-7-15(13)14/h1-7,16H,8-12H2,(H,19,20)/t16-/m0/s1. The first-order valence-electron chi connectivity index (χ1n) is 7.27. The van der Waals surface area contributed by atoms with Crippen molar-refractivity contribution in [1.29, 1.82) is 0 Å². The van der Waals surface area contributed by atoms with E-state index in [0.29, 0.717) is 32.7 Å². The summed E-state index contributed by atoms with van der Waals surface area (Å²) in [6, 6.07) is 13.7. The summed E-state index contributed by atoms with van der Waals surface area (Å²) in [4.78, 5) is 13.7. The van der Waals surface area contributed by atoms with Gasteiger partial charge in [0, 0.05) is 13.1 Å². The predicted molar refractivity (Wildman–Crippen MR) is 81.5 cm³/mol. The average molecular weight is 285 g/mol. The Bertz CT molecular complexity index is 629. The zero-order chi connectivity index (χ0) is 14.7. The molecule has 1 N–H and O–H groups in total. The summed E-state index contributed by atoms with van der Waals surface area (Å²) < 4.78 is 5.32. The number of hydrogen-bond acceptors (Lipinski definition) is 3. The zero-order valence-electron chi connectivity index (χ0n) is 11.9. The molecule has 0 unspecified atom stereocenters. The van der Waals surface area contributed by atoms with Crippen LogP contribution in [0.3, 0.4) is 0 Å². The third-order valence-corrected chi connectivity index (χ3v) is 4.06. The largest absolute Gasteiger partial charge is 0.480 e. The normalized spacial score (nSPS) is 17.7. The van der Waals surface area contributed by atoms with Crippen LogP contribution in [-0.4, -0.2) is 48.3 Å². The highest BCUT2D eigenvalue weighted by atomic mass is 16.5. The van der Waals surface area contributed by atoms with E-state index in [0.717, 1.165) is 16.3 Å². The Hall–Kier alpha value is -1.91. The van der Waals surface area contributed by atoms with E-state index < -0.39 is 12.0 Å². The van der Waals surface area contributed by atoms with E-state index in [-0.39, 0.29) is 0 Å². The highest BCUT2D eigenvalue weighted by Crippen LogP contribution is 2.21. The fourth-order valence-corrected chi connectivity index (χ4v) is 2.94. The summed E-state index contributed by atoms with van der Waals surface area (Å²) in [5.41, 5.74) is 1.09. The molecule has 1 heterocycles. The van der Waals surface area contributed by atoms with Crippen LogP contribution in [0.4, 0.5) is 0 Å². The molecule has 1 atom stereocenters. The molecule has 2 aromatic carbocycles. The van der Waals surface area contributed by atoms with Crippen molar-refractivity contribution in [2.45, 2.75) is 12.5 Å². The molecule has 0 amide bonds. The Labute approximate surface area is 123 Å². The minimum Gasteiger partial charge on any atom is -0.480 e. The van der Waals surface area contributed by atoms with E-state index in [4.69, 9.17) is 4.74 Å². The second-order valence-electron chi connectivity index (χ2n) is 5.34. The quantitative estimate of drug-likeness (QED) is 0.935. The molecule has 0 radical (unpaired) electrons. The molecule has 0 aromatic heterocycles. The molecule has 1 aliphatic heterocycles. The smallest absolute Gasteiger partial charge is 0.321 e. The first kappa shape index (κ1) is 14.0. The number of fused-ring (bicyclic) bond motifs is 1. The van der Waals surface area contributed by atoms with Crippen LogP contribution in [0.1, 0.15) is 5.56 Å². The average Bonchev–Trinajstić information content (AvgIpc) is 2.53. The molecular weight excluding hydrogens is 266 g/mol. The van der Waals surface area contributed by atoms with Crippen LogP contribution < -0.4 is 0 Å². The summed E-state index contributed by atoms with van der Waals surface area (Å²) in [7, 11) is 0. The Kier molecular flexibility index (Phi) is 4.18. The van der Waals surface area contributed by atoms with Crippen molar-refractivity contribution < 1.29 is 14.6 Å². The number of hydrogen-bond donors (Lipinski definition) is 1. The summed E-state index contributed by atoms with van der Waals surface area (Å²) in [5.74, 6) is -0.759. The van der Waals surface area contributed by atoms with E-state index in [1.807, 2.05) is 29.2 Å². The lowest BCUT2D eigenvalue weighted by Crippen LogP contribution is -2.48. The van der Waals surface area contributed by atoms with Gasteiger partial charge in [0.15, 0.2) is 0 Å². The summed E-state index contributed by atoms with van der Waals surface area (Å²) >= 11 is 0. The van der Waals surface area contributed by atoms with Gasteiger partial charge in [-0.3, -0.25) is 9.69 Å². The molecule has 4 nitrogen and oxygen atoms in total. The minimum atomic E-state index is -0.759. The van der Waals surface area contributed by atoms with Gasteiger partial charge in [-0.2, -0.15) is 0 Å². The molecule has 0 spiro atoms. The van der Waals surface area contributed by atoms with Crippen LogP contribution in [0.2, 0.25) is 0 Å². The van der Waals surface area contributed by atoms with Crippen molar-refractivity contribution in [1.82, 2.24) is 4.90 Å². The fraction of sp³-hybridized carbons (Fsp3) is 0.353. The van der Waals surface area contributed by atoms with E-state index >= 15 is 0 Å². The van der Waals surface area contributed by atoms with Crippen molar-refractivity contribution in [3.63, 3.8) is 0 Å². The van der Waals surface area contributed by atoms with Gasteiger partial charge in [0.1, 0.15) is 6.04 Å². The summed E-state index contributed by atoms with van der Waals surface area (Å²) in [6.07, 6.45) is 0.524.